The third-order valence-corrected chi connectivity index (χ3v) is 9.79. The monoisotopic (exact) mass is 601 g/mol. The quantitative estimate of drug-likeness (QED) is 0.428. The second-order valence-corrected chi connectivity index (χ2v) is 12.5. The van der Waals surface area contributed by atoms with E-state index in [1.54, 1.807) is 10.9 Å². The third kappa shape index (κ3) is 5.53. The Morgan fingerprint density at radius 3 is 2.64 bits per heavy atom. The maximum Gasteiger partial charge on any atom is 0.416 e. The molecule has 1 aromatic heterocycles. The van der Waals surface area contributed by atoms with Gasteiger partial charge in [-0.25, -0.2) is 13.1 Å². The Morgan fingerprint density at radius 1 is 1.07 bits per heavy atom. The van der Waals surface area contributed by atoms with Gasteiger partial charge >= 0.3 is 6.18 Å². The van der Waals surface area contributed by atoms with E-state index in [2.05, 4.69) is 44.0 Å². The number of aromatic nitrogens is 3. The van der Waals surface area contributed by atoms with Crippen molar-refractivity contribution in [2.45, 2.75) is 49.0 Å². The van der Waals surface area contributed by atoms with Crippen molar-refractivity contribution in [3.8, 4) is 0 Å². The zero-order chi connectivity index (χ0) is 29.5. The zero-order valence-electron chi connectivity index (χ0n) is 22.6. The second kappa shape index (κ2) is 11.2. The molecule has 1 aliphatic carbocycles. The lowest BCUT2D eigenvalue weighted by Gasteiger charge is -2.31. The number of halogens is 3. The van der Waals surface area contributed by atoms with Crippen LogP contribution in [0.5, 0.6) is 0 Å². The van der Waals surface area contributed by atoms with Crippen molar-refractivity contribution < 1.29 is 26.4 Å². The van der Waals surface area contributed by atoms with Crippen LogP contribution in [0.25, 0.3) is 0 Å². The zero-order valence-corrected chi connectivity index (χ0v) is 23.4. The van der Waals surface area contributed by atoms with Crippen LogP contribution in [0, 0.1) is 0 Å². The minimum absolute atomic E-state index is 0.0470. The number of alkyl halides is 3. The molecule has 2 atom stereocenters. The van der Waals surface area contributed by atoms with Crippen LogP contribution in [0.4, 0.5) is 13.2 Å². The number of carbonyl (C=O) groups is 1. The first kappa shape index (κ1) is 28.4. The van der Waals surface area contributed by atoms with E-state index >= 15 is 0 Å². The molecule has 0 saturated carbocycles. The maximum absolute atomic E-state index is 13.4. The number of rotatable bonds is 7. The number of amides is 1. The van der Waals surface area contributed by atoms with Crippen LogP contribution in [-0.2, 0) is 40.4 Å². The summed E-state index contributed by atoms with van der Waals surface area (Å²) in [6, 6.07) is 8.48. The van der Waals surface area contributed by atoms with Crippen LogP contribution in [-0.4, -0.2) is 70.7 Å². The largest absolute Gasteiger partial charge is 0.416 e. The van der Waals surface area contributed by atoms with Crippen LogP contribution in [0.3, 0.4) is 0 Å². The number of nitrogens with zero attached hydrogens (tertiary/aromatic N) is 5. The first-order valence-corrected chi connectivity index (χ1v) is 15.2. The van der Waals surface area contributed by atoms with E-state index in [1.165, 1.54) is 16.7 Å². The molecule has 0 bridgehead atoms. The highest BCUT2D eigenvalue weighted by molar-refractivity contribution is 7.89. The topological polar surface area (TPSA) is 112 Å². The summed E-state index contributed by atoms with van der Waals surface area (Å²) in [7, 11) is -4.49. The number of hydrogen-bond acceptors (Lipinski definition) is 7. The SMILES string of the molecule is O=C1NC=CN(S(=O)(=O)c2cccc(C(F)(F)F)c2)C1Cc1cn(C2CCc3c(CN4CCNCC4)cccc32)nn1. The normalized spacial score (nSPS) is 21.4. The van der Waals surface area contributed by atoms with Crippen molar-refractivity contribution in [2.24, 2.45) is 0 Å². The van der Waals surface area contributed by atoms with Crippen molar-refractivity contribution in [2.75, 3.05) is 26.2 Å². The Hall–Kier alpha value is -3.75. The average molecular weight is 602 g/mol. The van der Waals surface area contributed by atoms with Gasteiger partial charge in [0.05, 0.1) is 22.2 Å². The molecule has 0 spiro atoms. The van der Waals surface area contributed by atoms with Gasteiger partial charge in [0.1, 0.15) is 6.04 Å². The molecule has 6 rings (SSSR count). The third-order valence-electron chi connectivity index (χ3n) is 8.01. The molecule has 42 heavy (non-hydrogen) atoms. The molecule has 3 aliphatic rings. The molecule has 2 N–H and O–H groups in total. The molecule has 3 heterocycles. The van der Waals surface area contributed by atoms with Crippen molar-refractivity contribution in [1.82, 2.24) is 34.8 Å². The summed E-state index contributed by atoms with van der Waals surface area (Å²) in [4.78, 5) is 14.7. The van der Waals surface area contributed by atoms with E-state index in [4.69, 9.17) is 0 Å². The smallest absolute Gasteiger partial charge is 0.329 e. The van der Waals surface area contributed by atoms with Gasteiger partial charge in [-0.3, -0.25) is 14.0 Å². The lowest BCUT2D eigenvalue weighted by Crippen LogP contribution is -2.50. The van der Waals surface area contributed by atoms with Crippen LogP contribution >= 0.6 is 0 Å². The molecule has 222 valence electrons. The number of nitrogens with one attached hydrogen (secondary N) is 2. The van der Waals surface area contributed by atoms with Gasteiger partial charge in [-0.15, -0.1) is 5.10 Å². The summed E-state index contributed by atoms with van der Waals surface area (Å²) >= 11 is 0. The number of fused-ring (bicyclic) bond motifs is 1. The minimum Gasteiger partial charge on any atom is -0.329 e. The first-order valence-electron chi connectivity index (χ1n) is 13.7. The van der Waals surface area contributed by atoms with Crippen LogP contribution < -0.4 is 10.6 Å². The highest BCUT2D eigenvalue weighted by atomic mass is 32.2. The van der Waals surface area contributed by atoms with Crippen molar-refractivity contribution >= 4 is 15.9 Å². The van der Waals surface area contributed by atoms with Gasteiger partial charge < -0.3 is 10.6 Å². The number of sulfonamides is 1. The molecular weight excluding hydrogens is 571 g/mol. The highest BCUT2D eigenvalue weighted by Gasteiger charge is 2.38. The summed E-state index contributed by atoms with van der Waals surface area (Å²) in [5, 5.41) is 14.4. The van der Waals surface area contributed by atoms with E-state index in [0.29, 0.717) is 11.8 Å². The standard InChI is InChI=1S/C28H30F3N7O3S/c29-28(30,31)20-4-2-5-22(15-20)42(40,41)38-14-11-33-27(39)26(38)16-21-18-37(35-34-21)25-8-7-23-19(3-1-6-24(23)25)17-36-12-9-32-10-13-36/h1-6,11,14-15,18,25-26,32H,7-10,12-13,16-17H2,(H,33,39). The van der Waals surface area contributed by atoms with Crippen molar-refractivity contribution in [1.29, 1.82) is 0 Å². The van der Waals surface area contributed by atoms with Crippen molar-refractivity contribution in [3.05, 3.63) is 89.0 Å². The molecular formula is C28H30F3N7O3S. The molecule has 14 heteroatoms. The molecule has 1 fully saturated rings. The predicted octanol–water partition coefficient (Wildman–Crippen LogP) is 2.44. The Kier molecular flexibility index (Phi) is 7.53. The van der Waals surface area contributed by atoms with Gasteiger partial charge in [-0.05, 0) is 47.7 Å². The van der Waals surface area contributed by atoms with Gasteiger partial charge in [0.25, 0.3) is 10.0 Å². The summed E-state index contributed by atoms with van der Waals surface area (Å²) in [6.45, 7) is 4.86. The fraction of sp³-hybridized carbons (Fsp3) is 0.393. The van der Waals surface area contributed by atoms with E-state index in [-0.39, 0.29) is 12.5 Å². The van der Waals surface area contributed by atoms with Crippen LogP contribution in [0.2, 0.25) is 0 Å². The molecule has 1 amide bonds. The number of carbonyl (C=O) groups excluding carboxylic acids is 1. The number of piperazine rings is 1. The number of hydrogen-bond donors (Lipinski definition) is 2. The van der Waals surface area contributed by atoms with E-state index in [9.17, 15) is 26.4 Å². The van der Waals surface area contributed by atoms with Gasteiger partial charge in [-0.1, -0.05) is 29.5 Å². The summed E-state index contributed by atoms with van der Waals surface area (Å²) in [6.07, 6.45) is 0.896. The van der Waals surface area contributed by atoms with Gasteiger partial charge in [0.2, 0.25) is 5.91 Å². The van der Waals surface area contributed by atoms with Crippen LogP contribution in [0.1, 0.15) is 40.4 Å². The van der Waals surface area contributed by atoms with E-state index in [1.807, 2.05) is 0 Å². The number of benzene rings is 2. The highest BCUT2D eigenvalue weighted by Crippen LogP contribution is 2.37. The predicted molar refractivity (Wildman–Crippen MR) is 146 cm³/mol. The maximum atomic E-state index is 13.4. The fourth-order valence-corrected chi connectivity index (χ4v) is 7.39. The molecule has 0 radical (unpaired) electrons. The summed E-state index contributed by atoms with van der Waals surface area (Å²) in [5.41, 5.74) is 3.08. The lowest BCUT2D eigenvalue weighted by atomic mass is 10.0. The van der Waals surface area contributed by atoms with Gasteiger partial charge in [0.15, 0.2) is 0 Å². The molecule has 3 aromatic rings. The Morgan fingerprint density at radius 2 is 1.86 bits per heavy atom. The fourth-order valence-electron chi connectivity index (χ4n) is 5.89. The molecule has 2 unspecified atom stereocenters. The molecule has 2 aromatic carbocycles. The summed E-state index contributed by atoms with van der Waals surface area (Å²) < 4.78 is 69.2. The van der Waals surface area contributed by atoms with Gasteiger partial charge in [-0.2, -0.15) is 13.2 Å². The second-order valence-electron chi connectivity index (χ2n) is 10.7. The average Bonchev–Trinajstić information content (AvgIpc) is 3.62. The van der Waals surface area contributed by atoms with E-state index < -0.39 is 38.6 Å². The Balaban J connectivity index is 1.22. The minimum atomic E-state index is -4.72. The Bertz CT molecular complexity index is 1620. The van der Waals surface area contributed by atoms with Crippen LogP contribution in [0.15, 0.2) is 66.0 Å². The van der Waals surface area contributed by atoms with Gasteiger partial charge in [0, 0.05) is 57.7 Å². The van der Waals surface area contributed by atoms with Crippen molar-refractivity contribution in [3.63, 3.8) is 0 Å². The first-order chi connectivity index (χ1) is 20.1. The molecule has 10 nitrogen and oxygen atoms in total. The molecule has 1 saturated heterocycles. The summed E-state index contributed by atoms with van der Waals surface area (Å²) in [5.74, 6) is -0.619. The molecule has 2 aliphatic heterocycles. The Labute approximate surface area is 241 Å². The van der Waals surface area contributed by atoms with E-state index in [0.717, 1.165) is 80.5 Å². The lowest BCUT2D eigenvalue weighted by molar-refractivity contribution is -0.137.